The SMILES string of the molecule is COc1cn([C@@H]2O[C@H](CO)C(N)[C@@H]2O)c(=O)[nH]c1=O. The zero-order valence-corrected chi connectivity index (χ0v) is 10.1. The quantitative estimate of drug-likeness (QED) is 0.464. The van der Waals surface area contributed by atoms with E-state index in [1.54, 1.807) is 0 Å². The summed E-state index contributed by atoms with van der Waals surface area (Å²) in [5, 5.41) is 19.0. The van der Waals surface area contributed by atoms with E-state index in [-0.39, 0.29) is 12.4 Å². The van der Waals surface area contributed by atoms with Crippen LogP contribution < -0.4 is 21.7 Å². The fourth-order valence-electron chi connectivity index (χ4n) is 1.96. The Hall–Kier alpha value is -1.68. The number of methoxy groups -OCH3 is 1. The highest BCUT2D eigenvalue weighted by Gasteiger charge is 2.42. The van der Waals surface area contributed by atoms with Crippen molar-refractivity contribution in [2.45, 2.75) is 24.5 Å². The van der Waals surface area contributed by atoms with Gasteiger partial charge in [-0.2, -0.15) is 0 Å². The topological polar surface area (TPSA) is 140 Å². The molecule has 0 spiro atoms. The maximum atomic E-state index is 11.7. The molecule has 0 aliphatic carbocycles. The molecule has 1 aromatic heterocycles. The van der Waals surface area contributed by atoms with E-state index < -0.39 is 35.7 Å². The first kappa shape index (κ1) is 13.7. The van der Waals surface area contributed by atoms with Crippen LogP contribution in [-0.4, -0.2) is 51.7 Å². The number of rotatable bonds is 3. The van der Waals surface area contributed by atoms with Gasteiger partial charge in [0.2, 0.25) is 5.75 Å². The summed E-state index contributed by atoms with van der Waals surface area (Å²) in [6.45, 7) is -0.385. The van der Waals surface area contributed by atoms with Crippen molar-refractivity contribution >= 4 is 0 Å². The smallest absolute Gasteiger partial charge is 0.330 e. The highest BCUT2D eigenvalue weighted by Crippen LogP contribution is 2.27. The molecular formula is C10H15N3O6. The molecule has 4 atom stereocenters. The fourth-order valence-corrected chi connectivity index (χ4v) is 1.96. The average Bonchev–Trinajstić information content (AvgIpc) is 2.67. The van der Waals surface area contributed by atoms with Gasteiger partial charge in [0.1, 0.15) is 12.2 Å². The van der Waals surface area contributed by atoms with E-state index in [0.29, 0.717) is 0 Å². The summed E-state index contributed by atoms with van der Waals surface area (Å²) in [6.07, 6.45) is -1.94. The van der Waals surface area contributed by atoms with E-state index in [4.69, 9.17) is 20.3 Å². The Bertz CT molecular complexity index is 567. The molecule has 5 N–H and O–H groups in total. The Morgan fingerprint density at radius 1 is 1.58 bits per heavy atom. The van der Waals surface area contributed by atoms with E-state index in [1.807, 2.05) is 4.98 Å². The van der Waals surface area contributed by atoms with Crippen molar-refractivity contribution in [2.75, 3.05) is 13.7 Å². The molecule has 1 aliphatic rings. The van der Waals surface area contributed by atoms with Gasteiger partial charge in [-0.05, 0) is 0 Å². The lowest BCUT2D eigenvalue weighted by Crippen LogP contribution is -2.42. The second-order valence-electron chi connectivity index (χ2n) is 4.18. The Kier molecular flexibility index (Phi) is 3.71. The first-order valence-electron chi connectivity index (χ1n) is 5.59. The summed E-state index contributed by atoms with van der Waals surface area (Å²) in [4.78, 5) is 25.1. The number of nitrogens with two attached hydrogens (primary N) is 1. The Morgan fingerprint density at radius 3 is 2.79 bits per heavy atom. The van der Waals surface area contributed by atoms with Crippen LogP contribution in [0.25, 0.3) is 0 Å². The van der Waals surface area contributed by atoms with Gasteiger partial charge in [-0.1, -0.05) is 0 Å². The van der Waals surface area contributed by atoms with Crippen molar-refractivity contribution in [3.63, 3.8) is 0 Å². The first-order chi connectivity index (χ1) is 8.99. The van der Waals surface area contributed by atoms with Gasteiger partial charge in [-0.25, -0.2) is 4.79 Å². The van der Waals surface area contributed by atoms with Crippen molar-refractivity contribution in [2.24, 2.45) is 5.73 Å². The number of hydrogen-bond acceptors (Lipinski definition) is 7. The third-order valence-corrected chi connectivity index (χ3v) is 3.04. The molecule has 2 heterocycles. The molecule has 0 radical (unpaired) electrons. The molecule has 19 heavy (non-hydrogen) atoms. The minimum Gasteiger partial charge on any atom is -0.490 e. The predicted molar refractivity (Wildman–Crippen MR) is 62.9 cm³/mol. The molecule has 9 heteroatoms. The first-order valence-corrected chi connectivity index (χ1v) is 5.59. The number of aliphatic hydroxyl groups is 2. The van der Waals surface area contributed by atoms with Gasteiger partial charge in [0, 0.05) is 0 Å². The zero-order valence-electron chi connectivity index (χ0n) is 10.1. The number of aromatic nitrogens is 2. The monoisotopic (exact) mass is 273 g/mol. The summed E-state index contributed by atoms with van der Waals surface area (Å²) in [7, 11) is 1.27. The average molecular weight is 273 g/mol. The van der Waals surface area contributed by atoms with Crippen LogP contribution in [0.5, 0.6) is 5.75 Å². The van der Waals surface area contributed by atoms with Gasteiger partial charge in [0.15, 0.2) is 6.23 Å². The number of aliphatic hydroxyl groups excluding tert-OH is 2. The molecule has 106 valence electrons. The molecule has 9 nitrogen and oxygen atoms in total. The molecule has 1 fully saturated rings. The molecule has 1 unspecified atom stereocenters. The van der Waals surface area contributed by atoms with Crippen molar-refractivity contribution in [3.05, 3.63) is 27.0 Å². The predicted octanol–water partition coefficient (Wildman–Crippen LogP) is -2.88. The van der Waals surface area contributed by atoms with E-state index in [9.17, 15) is 14.7 Å². The Morgan fingerprint density at radius 2 is 2.26 bits per heavy atom. The second kappa shape index (κ2) is 5.13. The number of aromatic amines is 1. The number of ether oxygens (including phenoxy) is 2. The van der Waals surface area contributed by atoms with Crippen LogP contribution >= 0.6 is 0 Å². The molecule has 1 aromatic rings. The number of H-pyrrole nitrogens is 1. The molecule has 0 amide bonds. The van der Waals surface area contributed by atoms with Crippen LogP contribution in [0.1, 0.15) is 6.23 Å². The van der Waals surface area contributed by atoms with Gasteiger partial charge in [0.25, 0.3) is 5.56 Å². The summed E-state index contributed by atoms with van der Waals surface area (Å²) in [5.74, 6) is -0.101. The highest BCUT2D eigenvalue weighted by molar-refractivity contribution is 5.12. The number of hydrogen-bond donors (Lipinski definition) is 4. The summed E-state index contributed by atoms with van der Waals surface area (Å²) < 4.78 is 11.1. The zero-order chi connectivity index (χ0) is 14.2. The third kappa shape index (κ3) is 2.28. The van der Waals surface area contributed by atoms with Gasteiger partial charge >= 0.3 is 5.69 Å². The summed E-state index contributed by atoms with van der Waals surface area (Å²) in [5.41, 5.74) is 4.21. The lowest BCUT2D eigenvalue weighted by Gasteiger charge is -2.17. The molecule has 1 aliphatic heterocycles. The molecule has 1 saturated heterocycles. The molecular weight excluding hydrogens is 258 g/mol. The normalized spacial score (nSPS) is 30.5. The standard InChI is InChI=1S/C10H15N3O6/c1-18-4-2-13(10(17)12-8(4)16)9-7(15)6(11)5(3-14)19-9/h2,5-7,9,14-15H,3,11H2,1H3,(H,12,16,17)/t5-,6?,7+,9-/m1/s1. The largest absolute Gasteiger partial charge is 0.490 e. The van der Waals surface area contributed by atoms with Gasteiger partial charge in [0.05, 0.1) is 26.0 Å². The van der Waals surface area contributed by atoms with Crippen LogP contribution in [0.4, 0.5) is 0 Å². The molecule has 0 aromatic carbocycles. The molecule has 2 rings (SSSR count). The second-order valence-corrected chi connectivity index (χ2v) is 4.18. The summed E-state index contributed by atoms with van der Waals surface area (Å²) in [6, 6.07) is -0.833. The van der Waals surface area contributed by atoms with Crippen LogP contribution in [0, 0.1) is 0 Å². The van der Waals surface area contributed by atoms with Gasteiger partial charge in [-0.15, -0.1) is 0 Å². The molecule has 0 saturated carbocycles. The minimum absolute atomic E-state index is 0.101. The number of nitrogens with zero attached hydrogens (tertiary/aromatic N) is 1. The third-order valence-electron chi connectivity index (χ3n) is 3.04. The van der Waals surface area contributed by atoms with Crippen LogP contribution in [0.3, 0.4) is 0 Å². The van der Waals surface area contributed by atoms with Gasteiger partial charge in [-0.3, -0.25) is 14.3 Å². The van der Waals surface area contributed by atoms with E-state index in [0.717, 1.165) is 10.8 Å². The highest BCUT2D eigenvalue weighted by atomic mass is 16.5. The lowest BCUT2D eigenvalue weighted by atomic mass is 10.1. The van der Waals surface area contributed by atoms with Crippen molar-refractivity contribution in [1.29, 1.82) is 0 Å². The van der Waals surface area contributed by atoms with Crippen molar-refractivity contribution < 1.29 is 19.7 Å². The summed E-state index contributed by atoms with van der Waals surface area (Å²) >= 11 is 0. The Labute approximate surface area is 107 Å². The van der Waals surface area contributed by atoms with Gasteiger partial charge < -0.3 is 25.4 Å². The lowest BCUT2D eigenvalue weighted by molar-refractivity contribution is -0.0534. The van der Waals surface area contributed by atoms with E-state index in [2.05, 4.69) is 0 Å². The molecule has 0 bridgehead atoms. The minimum atomic E-state index is -1.19. The fraction of sp³-hybridized carbons (Fsp3) is 0.600. The maximum Gasteiger partial charge on any atom is 0.330 e. The van der Waals surface area contributed by atoms with Crippen molar-refractivity contribution in [1.82, 2.24) is 9.55 Å². The van der Waals surface area contributed by atoms with E-state index >= 15 is 0 Å². The maximum absolute atomic E-state index is 11.7. The van der Waals surface area contributed by atoms with Crippen molar-refractivity contribution in [3.8, 4) is 5.75 Å². The van der Waals surface area contributed by atoms with Crippen LogP contribution in [0.2, 0.25) is 0 Å². The Balaban J connectivity index is 2.43. The van der Waals surface area contributed by atoms with Crippen LogP contribution in [0.15, 0.2) is 15.8 Å². The van der Waals surface area contributed by atoms with Crippen LogP contribution in [-0.2, 0) is 4.74 Å². The number of nitrogens with one attached hydrogen (secondary N) is 1. The van der Waals surface area contributed by atoms with E-state index in [1.165, 1.54) is 7.11 Å².